The van der Waals surface area contributed by atoms with Gasteiger partial charge in [-0.2, -0.15) is 0 Å². The Labute approximate surface area is 135 Å². The lowest BCUT2D eigenvalue weighted by Gasteiger charge is -2.26. The van der Waals surface area contributed by atoms with E-state index in [0.717, 1.165) is 13.1 Å². The van der Waals surface area contributed by atoms with Gasteiger partial charge in [0.1, 0.15) is 5.75 Å². The lowest BCUT2D eigenvalue weighted by Crippen LogP contribution is -2.45. The molecule has 8 heteroatoms. The van der Waals surface area contributed by atoms with E-state index >= 15 is 0 Å². The SMILES string of the molecule is COc1ccc(NC(=O)NNC(=O)CCN2CCOCC2)cc1. The minimum Gasteiger partial charge on any atom is -0.497 e. The van der Waals surface area contributed by atoms with Crippen LogP contribution in [0.2, 0.25) is 0 Å². The quantitative estimate of drug-likeness (QED) is 0.689. The number of nitrogens with one attached hydrogen (secondary N) is 3. The monoisotopic (exact) mass is 322 g/mol. The molecule has 1 saturated heterocycles. The van der Waals surface area contributed by atoms with E-state index in [9.17, 15) is 9.59 Å². The third-order valence-electron chi connectivity index (χ3n) is 3.42. The van der Waals surface area contributed by atoms with Gasteiger partial charge in [0.25, 0.3) is 0 Å². The van der Waals surface area contributed by atoms with Crippen LogP contribution in [0.3, 0.4) is 0 Å². The maximum absolute atomic E-state index is 11.7. The van der Waals surface area contributed by atoms with Crippen LogP contribution in [0.15, 0.2) is 24.3 Å². The summed E-state index contributed by atoms with van der Waals surface area (Å²) in [6.45, 7) is 3.71. The Morgan fingerprint density at radius 2 is 1.87 bits per heavy atom. The predicted molar refractivity (Wildman–Crippen MR) is 85.2 cm³/mol. The smallest absolute Gasteiger partial charge is 0.337 e. The summed E-state index contributed by atoms with van der Waals surface area (Å²) < 4.78 is 10.3. The second kappa shape index (κ2) is 8.96. The molecular weight excluding hydrogens is 300 g/mol. The van der Waals surface area contributed by atoms with Gasteiger partial charge in [0, 0.05) is 31.7 Å². The summed E-state index contributed by atoms with van der Waals surface area (Å²) in [5.74, 6) is 0.466. The molecule has 2 rings (SSSR count). The van der Waals surface area contributed by atoms with Gasteiger partial charge in [-0.3, -0.25) is 15.1 Å². The van der Waals surface area contributed by atoms with E-state index in [1.54, 1.807) is 31.4 Å². The van der Waals surface area contributed by atoms with Crippen LogP contribution < -0.4 is 20.9 Å². The molecule has 1 aromatic carbocycles. The van der Waals surface area contributed by atoms with Crippen molar-refractivity contribution < 1.29 is 19.1 Å². The molecule has 1 aromatic rings. The van der Waals surface area contributed by atoms with Crippen LogP contribution >= 0.6 is 0 Å². The Kier molecular flexibility index (Phi) is 6.64. The van der Waals surface area contributed by atoms with Gasteiger partial charge in [-0.05, 0) is 24.3 Å². The number of hydrogen-bond acceptors (Lipinski definition) is 5. The largest absolute Gasteiger partial charge is 0.497 e. The summed E-state index contributed by atoms with van der Waals surface area (Å²) in [4.78, 5) is 25.5. The fourth-order valence-electron chi connectivity index (χ4n) is 2.11. The third kappa shape index (κ3) is 6.13. The molecule has 1 aliphatic heterocycles. The van der Waals surface area contributed by atoms with Gasteiger partial charge < -0.3 is 14.8 Å². The Hall–Kier alpha value is -2.32. The molecule has 0 unspecified atom stereocenters. The molecule has 0 saturated carbocycles. The number of carbonyl (C=O) groups is 2. The van der Waals surface area contributed by atoms with Gasteiger partial charge in [0.2, 0.25) is 5.91 Å². The van der Waals surface area contributed by atoms with Crippen LogP contribution in [-0.4, -0.2) is 56.8 Å². The number of carbonyl (C=O) groups excluding carboxylic acids is 2. The molecule has 0 radical (unpaired) electrons. The average Bonchev–Trinajstić information content (AvgIpc) is 2.60. The zero-order valence-electron chi connectivity index (χ0n) is 13.1. The second-order valence-corrected chi connectivity index (χ2v) is 5.06. The van der Waals surface area contributed by atoms with Crippen molar-refractivity contribution in [2.75, 3.05) is 45.3 Å². The Bertz CT molecular complexity index is 515. The minimum atomic E-state index is -0.505. The second-order valence-electron chi connectivity index (χ2n) is 5.06. The van der Waals surface area contributed by atoms with E-state index in [4.69, 9.17) is 9.47 Å². The van der Waals surface area contributed by atoms with E-state index in [0.29, 0.717) is 37.6 Å². The summed E-state index contributed by atoms with van der Waals surface area (Å²) in [6.07, 6.45) is 0.322. The highest BCUT2D eigenvalue weighted by molar-refractivity contribution is 5.90. The molecule has 3 N–H and O–H groups in total. The number of methoxy groups -OCH3 is 1. The topological polar surface area (TPSA) is 91.9 Å². The van der Waals surface area contributed by atoms with Gasteiger partial charge in [-0.25, -0.2) is 10.2 Å². The van der Waals surface area contributed by atoms with Crippen molar-refractivity contribution in [3.8, 4) is 5.75 Å². The number of anilines is 1. The normalized spacial score (nSPS) is 14.8. The molecule has 0 spiro atoms. The molecule has 0 atom stereocenters. The first-order chi connectivity index (χ1) is 11.2. The van der Waals surface area contributed by atoms with Gasteiger partial charge in [0.05, 0.1) is 20.3 Å². The number of ether oxygens (including phenoxy) is 2. The van der Waals surface area contributed by atoms with Crippen molar-refractivity contribution in [1.29, 1.82) is 0 Å². The summed E-state index contributed by atoms with van der Waals surface area (Å²) in [5, 5.41) is 2.61. The average molecular weight is 322 g/mol. The number of hydrogen-bond donors (Lipinski definition) is 3. The van der Waals surface area contributed by atoms with Crippen molar-refractivity contribution >= 4 is 17.6 Å². The van der Waals surface area contributed by atoms with Crippen molar-refractivity contribution in [3.05, 3.63) is 24.3 Å². The van der Waals surface area contributed by atoms with E-state index in [1.807, 2.05) is 0 Å². The maximum Gasteiger partial charge on any atom is 0.337 e. The molecular formula is C15H22N4O4. The highest BCUT2D eigenvalue weighted by atomic mass is 16.5. The summed E-state index contributed by atoms with van der Waals surface area (Å²) in [6, 6.07) is 6.37. The number of urea groups is 1. The first kappa shape index (κ1) is 17.0. The van der Waals surface area contributed by atoms with Gasteiger partial charge in [-0.15, -0.1) is 0 Å². The number of rotatable bonds is 5. The van der Waals surface area contributed by atoms with Crippen LogP contribution in [0.5, 0.6) is 5.75 Å². The van der Waals surface area contributed by atoms with E-state index in [2.05, 4.69) is 21.1 Å². The first-order valence-corrected chi connectivity index (χ1v) is 7.47. The lowest BCUT2D eigenvalue weighted by molar-refractivity contribution is -0.122. The van der Waals surface area contributed by atoms with E-state index in [-0.39, 0.29) is 5.91 Å². The fraction of sp³-hybridized carbons (Fsp3) is 0.467. The first-order valence-electron chi connectivity index (χ1n) is 7.47. The van der Waals surface area contributed by atoms with Gasteiger partial charge >= 0.3 is 6.03 Å². The Morgan fingerprint density at radius 3 is 2.52 bits per heavy atom. The van der Waals surface area contributed by atoms with Crippen LogP contribution in [0.25, 0.3) is 0 Å². The molecule has 126 valence electrons. The number of morpholine rings is 1. The van der Waals surface area contributed by atoms with Crippen molar-refractivity contribution in [1.82, 2.24) is 15.8 Å². The van der Waals surface area contributed by atoms with E-state index in [1.165, 1.54) is 0 Å². The number of nitrogens with zero attached hydrogens (tertiary/aromatic N) is 1. The molecule has 23 heavy (non-hydrogen) atoms. The van der Waals surface area contributed by atoms with Gasteiger partial charge in [-0.1, -0.05) is 0 Å². The lowest BCUT2D eigenvalue weighted by atomic mass is 10.3. The highest BCUT2D eigenvalue weighted by Crippen LogP contribution is 2.14. The molecule has 1 heterocycles. The predicted octanol–water partition coefficient (Wildman–Crippen LogP) is 0.570. The molecule has 0 aromatic heterocycles. The minimum absolute atomic E-state index is 0.235. The molecule has 0 aliphatic carbocycles. The third-order valence-corrected chi connectivity index (χ3v) is 3.42. The summed E-state index contributed by atoms with van der Waals surface area (Å²) in [5.41, 5.74) is 5.31. The van der Waals surface area contributed by atoms with Crippen LogP contribution in [0.4, 0.5) is 10.5 Å². The molecule has 0 bridgehead atoms. The summed E-state index contributed by atoms with van der Waals surface area (Å²) >= 11 is 0. The van der Waals surface area contributed by atoms with Crippen molar-refractivity contribution in [2.45, 2.75) is 6.42 Å². The fourth-order valence-corrected chi connectivity index (χ4v) is 2.11. The van der Waals surface area contributed by atoms with E-state index < -0.39 is 6.03 Å². The van der Waals surface area contributed by atoms with Crippen LogP contribution in [-0.2, 0) is 9.53 Å². The van der Waals surface area contributed by atoms with Crippen LogP contribution in [0, 0.1) is 0 Å². The van der Waals surface area contributed by atoms with Crippen LogP contribution in [0.1, 0.15) is 6.42 Å². The number of benzene rings is 1. The zero-order chi connectivity index (χ0) is 16.5. The standard InChI is InChI=1S/C15H22N4O4/c1-22-13-4-2-12(3-5-13)16-15(21)18-17-14(20)6-7-19-8-10-23-11-9-19/h2-5H,6-11H2,1H3,(H,17,20)(H2,16,18,21). The molecule has 1 fully saturated rings. The molecule has 3 amide bonds. The number of hydrazine groups is 1. The Balaban J connectivity index is 1.63. The van der Waals surface area contributed by atoms with Gasteiger partial charge in [0.15, 0.2) is 0 Å². The highest BCUT2D eigenvalue weighted by Gasteiger charge is 2.12. The number of amides is 3. The Morgan fingerprint density at radius 1 is 1.17 bits per heavy atom. The van der Waals surface area contributed by atoms with Crippen molar-refractivity contribution in [2.24, 2.45) is 0 Å². The zero-order valence-corrected chi connectivity index (χ0v) is 13.1. The molecule has 1 aliphatic rings. The maximum atomic E-state index is 11.7. The van der Waals surface area contributed by atoms with Crippen molar-refractivity contribution in [3.63, 3.8) is 0 Å². The molecule has 8 nitrogen and oxygen atoms in total. The summed E-state index contributed by atoms with van der Waals surface area (Å²) in [7, 11) is 1.57.